The lowest BCUT2D eigenvalue weighted by molar-refractivity contribution is -0.000138. The standard InChI is InChI=1S/C30H24O14/c31-11-6-14(34)20(15(35)7-11)23-22-19(43-28(26(23)41)9-1-2-12(32)13(33)3-9)8-16(36)21-25(40)27(42)29(44-30(21)22)10-4-17(37)24(39)18(38)5-10/h1-8,23,26-29,31-39,41-42H. The monoisotopic (exact) mass is 608 g/mol. The average molecular weight is 609 g/mol. The van der Waals surface area contributed by atoms with E-state index >= 15 is 0 Å². The van der Waals surface area contributed by atoms with Gasteiger partial charge in [-0.05, 0) is 29.8 Å². The first-order valence-electron chi connectivity index (χ1n) is 12.9. The van der Waals surface area contributed by atoms with E-state index in [1.807, 2.05) is 0 Å². The molecule has 0 fully saturated rings. The fourth-order valence-electron chi connectivity index (χ4n) is 5.68. The molecule has 14 heteroatoms. The van der Waals surface area contributed by atoms with Crippen molar-refractivity contribution in [2.75, 3.05) is 0 Å². The second kappa shape index (κ2) is 9.93. The van der Waals surface area contributed by atoms with Crippen molar-refractivity contribution in [3.05, 3.63) is 76.3 Å². The van der Waals surface area contributed by atoms with Crippen LogP contribution in [-0.2, 0) is 0 Å². The van der Waals surface area contributed by atoms with E-state index in [4.69, 9.17) is 9.47 Å². The number of phenolic OH excluding ortho intramolecular Hbond substituents is 9. The number of phenols is 9. The molecular formula is C30H24O14. The topological polar surface area (TPSA) is 258 Å². The van der Waals surface area contributed by atoms with Gasteiger partial charge in [-0.1, -0.05) is 6.07 Å². The first kappa shape index (κ1) is 28.4. The highest BCUT2D eigenvalue weighted by Crippen LogP contribution is 2.58. The quantitative estimate of drug-likeness (QED) is 0.149. The SMILES string of the molecule is O=C1c2c(O)cc3c(c2OC(c2cc(O)c(O)c(O)c2)C1O)C(c1c(O)cc(O)cc1O)C(O)C(c1ccc(O)c(O)c1)O3. The Morgan fingerprint density at radius 3 is 1.80 bits per heavy atom. The molecule has 2 aliphatic heterocycles. The highest BCUT2D eigenvalue weighted by Gasteiger charge is 2.49. The van der Waals surface area contributed by atoms with Crippen LogP contribution in [0.1, 0.15) is 50.7 Å². The maximum Gasteiger partial charge on any atom is 0.202 e. The number of carbonyl (C=O) groups excluding carboxylic acids is 1. The van der Waals surface area contributed by atoms with E-state index in [2.05, 4.69) is 0 Å². The first-order valence-corrected chi connectivity index (χ1v) is 12.9. The number of Topliss-reactive ketones (excluding diaryl/α,β-unsaturated/α-hetero) is 1. The average Bonchev–Trinajstić information content (AvgIpc) is 2.95. The maximum absolute atomic E-state index is 13.5. The number of aromatic hydroxyl groups is 9. The summed E-state index contributed by atoms with van der Waals surface area (Å²) in [4.78, 5) is 13.5. The number of ether oxygens (including phenoxy) is 2. The van der Waals surface area contributed by atoms with Crippen LogP contribution in [0.3, 0.4) is 0 Å². The van der Waals surface area contributed by atoms with Crippen LogP contribution in [0.2, 0.25) is 0 Å². The normalized spacial score (nSPS) is 22.4. The third-order valence-corrected chi connectivity index (χ3v) is 7.71. The molecule has 0 aliphatic carbocycles. The Kier molecular flexibility index (Phi) is 6.41. The van der Waals surface area contributed by atoms with E-state index in [1.54, 1.807) is 0 Å². The molecule has 0 bridgehead atoms. The fourth-order valence-corrected chi connectivity index (χ4v) is 5.68. The molecule has 44 heavy (non-hydrogen) atoms. The molecule has 0 radical (unpaired) electrons. The van der Waals surface area contributed by atoms with Gasteiger partial charge in [0.05, 0.1) is 5.92 Å². The van der Waals surface area contributed by atoms with Crippen LogP contribution < -0.4 is 9.47 Å². The van der Waals surface area contributed by atoms with Crippen molar-refractivity contribution >= 4 is 5.78 Å². The minimum Gasteiger partial charge on any atom is -0.508 e. The van der Waals surface area contributed by atoms with Gasteiger partial charge in [-0.3, -0.25) is 4.79 Å². The van der Waals surface area contributed by atoms with Crippen LogP contribution in [0.25, 0.3) is 0 Å². The third kappa shape index (κ3) is 4.23. The number of aliphatic hydroxyl groups excluding tert-OH is 2. The van der Waals surface area contributed by atoms with Gasteiger partial charge < -0.3 is 65.6 Å². The molecule has 2 heterocycles. The highest BCUT2D eigenvalue weighted by molar-refractivity contribution is 6.06. The number of hydrogen-bond donors (Lipinski definition) is 11. The van der Waals surface area contributed by atoms with E-state index in [-0.39, 0.29) is 28.0 Å². The Labute approximate surface area is 246 Å². The molecule has 0 amide bonds. The van der Waals surface area contributed by atoms with Crippen LogP contribution in [0.15, 0.2) is 48.5 Å². The molecule has 228 valence electrons. The van der Waals surface area contributed by atoms with Crippen molar-refractivity contribution in [2.45, 2.75) is 30.3 Å². The molecule has 0 saturated carbocycles. The second-order valence-corrected chi connectivity index (χ2v) is 10.4. The number of rotatable bonds is 3. The molecule has 11 N–H and O–H groups in total. The van der Waals surface area contributed by atoms with E-state index in [0.717, 1.165) is 42.5 Å². The molecule has 4 aromatic carbocycles. The smallest absolute Gasteiger partial charge is 0.202 e. The lowest BCUT2D eigenvalue weighted by Crippen LogP contribution is -2.39. The summed E-state index contributed by atoms with van der Waals surface area (Å²) in [6.07, 6.45) is -6.82. The lowest BCUT2D eigenvalue weighted by Gasteiger charge is -2.41. The van der Waals surface area contributed by atoms with Crippen molar-refractivity contribution in [3.63, 3.8) is 0 Å². The van der Waals surface area contributed by atoms with Gasteiger partial charge in [-0.25, -0.2) is 0 Å². The predicted octanol–water partition coefficient (Wildman–Crippen LogP) is 2.34. The molecular weight excluding hydrogens is 584 g/mol. The molecule has 6 rings (SSSR count). The minimum atomic E-state index is -2.01. The highest BCUT2D eigenvalue weighted by atomic mass is 16.5. The zero-order chi connectivity index (χ0) is 31.8. The summed E-state index contributed by atoms with van der Waals surface area (Å²) in [6.45, 7) is 0. The number of ketones is 1. The molecule has 5 unspecified atom stereocenters. The van der Waals surface area contributed by atoms with Gasteiger partial charge in [0.2, 0.25) is 5.78 Å². The zero-order valence-electron chi connectivity index (χ0n) is 22.1. The second-order valence-electron chi connectivity index (χ2n) is 10.4. The molecule has 4 aromatic rings. The predicted molar refractivity (Wildman–Crippen MR) is 146 cm³/mol. The number of benzene rings is 4. The Morgan fingerprint density at radius 2 is 1.18 bits per heavy atom. The maximum atomic E-state index is 13.5. The fraction of sp³-hybridized carbons (Fsp3) is 0.167. The van der Waals surface area contributed by atoms with Crippen molar-refractivity contribution in [1.29, 1.82) is 0 Å². The van der Waals surface area contributed by atoms with Crippen molar-refractivity contribution in [1.82, 2.24) is 0 Å². The van der Waals surface area contributed by atoms with E-state index in [0.29, 0.717) is 0 Å². The van der Waals surface area contributed by atoms with Gasteiger partial charge in [0.1, 0.15) is 46.2 Å². The summed E-state index contributed by atoms with van der Waals surface area (Å²) < 4.78 is 12.0. The van der Waals surface area contributed by atoms with Crippen LogP contribution in [0, 0.1) is 0 Å². The van der Waals surface area contributed by atoms with Gasteiger partial charge in [-0.15, -0.1) is 0 Å². The van der Waals surface area contributed by atoms with Crippen LogP contribution in [-0.4, -0.2) is 74.2 Å². The largest absolute Gasteiger partial charge is 0.508 e. The summed E-state index contributed by atoms with van der Waals surface area (Å²) in [5.74, 6) is -9.47. The lowest BCUT2D eigenvalue weighted by atomic mass is 9.77. The van der Waals surface area contributed by atoms with E-state index in [1.165, 1.54) is 6.07 Å². The Hall–Kier alpha value is -5.73. The summed E-state index contributed by atoms with van der Waals surface area (Å²) >= 11 is 0. The van der Waals surface area contributed by atoms with Crippen LogP contribution >= 0.6 is 0 Å². The molecule has 0 saturated heterocycles. The Balaban J connectivity index is 1.61. The Morgan fingerprint density at radius 1 is 0.568 bits per heavy atom. The summed E-state index contributed by atoms with van der Waals surface area (Å²) in [5, 5.41) is 115. The minimum absolute atomic E-state index is 0.110. The number of carbonyl (C=O) groups is 1. The Bertz CT molecular complexity index is 1800. The molecule has 0 aromatic heterocycles. The number of aliphatic hydroxyl groups is 2. The van der Waals surface area contributed by atoms with Gasteiger partial charge in [0.25, 0.3) is 0 Å². The molecule has 0 spiro atoms. The van der Waals surface area contributed by atoms with Crippen LogP contribution in [0.4, 0.5) is 0 Å². The van der Waals surface area contributed by atoms with Crippen molar-refractivity contribution in [3.8, 4) is 63.2 Å². The number of hydrogen-bond acceptors (Lipinski definition) is 14. The third-order valence-electron chi connectivity index (χ3n) is 7.71. The van der Waals surface area contributed by atoms with Gasteiger partial charge in [-0.2, -0.15) is 0 Å². The summed E-state index contributed by atoms with van der Waals surface area (Å²) in [5.41, 5.74) is -1.18. The van der Waals surface area contributed by atoms with Gasteiger partial charge in [0.15, 0.2) is 47.1 Å². The van der Waals surface area contributed by atoms with Gasteiger partial charge in [0, 0.05) is 34.9 Å². The zero-order valence-corrected chi connectivity index (χ0v) is 22.1. The van der Waals surface area contributed by atoms with Crippen molar-refractivity contribution in [2.24, 2.45) is 0 Å². The number of fused-ring (bicyclic) bond motifs is 3. The summed E-state index contributed by atoms with van der Waals surface area (Å²) in [7, 11) is 0. The van der Waals surface area contributed by atoms with Crippen molar-refractivity contribution < 1.29 is 70.4 Å². The molecule has 5 atom stereocenters. The molecule has 14 nitrogen and oxygen atoms in total. The van der Waals surface area contributed by atoms with Crippen LogP contribution in [0.5, 0.6) is 63.2 Å². The first-order chi connectivity index (χ1) is 20.8. The van der Waals surface area contributed by atoms with Gasteiger partial charge >= 0.3 is 0 Å². The summed E-state index contributed by atoms with van der Waals surface area (Å²) in [6, 6.07) is 8.13. The van der Waals surface area contributed by atoms with E-state index in [9.17, 15) is 61.0 Å². The molecule has 2 aliphatic rings. The van der Waals surface area contributed by atoms with E-state index < -0.39 is 99.2 Å².